The highest BCUT2D eigenvalue weighted by Crippen LogP contribution is 2.31. The number of rotatable bonds is 6. The highest BCUT2D eigenvalue weighted by Gasteiger charge is 2.09. The Kier molecular flexibility index (Phi) is 5.19. The fraction of sp³-hybridized carbons (Fsp3) is 0.250. The molecule has 0 spiro atoms. The first kappa shape index (κ1) is 14.6. The molecule has 1 heterocycles. The van der Waals surface area contributed by atoms with Crippen LogP contribution >= 0.6 is 23.1 Å². The fourth-order valence-corrected chi connectivity index (χ4v) is 2.96. The third-order valence-electron chi connectivity index (χ3n) is 2.30. The van der Waals surface area contributed by atoms with Crippen molar-refractivity contribution in [2.45, 2.75) is 4.34 Å². The van der Waals surface area contributed by atoms with E-state index in [4.69, 9.17) is 4.74 Å². The van der Waals surface area contributed by atoms with Gasteiger partial charge in [-0.1, -0.05) is 35.2 Å². The third-order valence-corrected chi connectivity index (χ3v) is 4.24. The number of aromatic nitrogens is 2. The van der Waals surface area contributed by atoms with E-state index in [1.54, 1.807) is 7.11 Å². The smallest absolute Gasteiger partial charge is 0.316 e. The van der Waals surface area contributed by atoms with E-state index in [0.29, 0.717) is 9.47 Å². The zero-order chi connectivity index (χ0) is 14.4. The zero-order valence-electron chi connectivity index (χ0n) is 11.0. The first-order valence-corrected chi connectivity index (χ1v) is 7.46. The summed E-state index contributed by atoms with van der Waals surface area (Å²) in [6.07, 6.45) is 0. The minimum atomic E-state index is -0.288. The highest BCUT2D eigenvalue weighted by atomic mass is 32.2. The summed E-state index contributed by atoms with van der Waals surface area (Å²) in [5, 5.41) is 11.8. The van der Waals surface area contributed by atoms with Gasteiger partial charge >= 0.3 is 5.97 Å². The molecule has 2 rings (SSSR count). The molecular weight excluding hydrogens is 298 g/mol. The van der Waals surface area contributed by atoms with Gasteiger partial charge in [0.15, 0.2) is 4.34 Å². The van der Waals surface area contributed by atoms with Gasteiger partial charge in [0, 0.05) is 0 Å². The molecular formula is C12H13N3O3S2. The van der Waals surface area contributed by atoms with Crippen LogP contribution < -0.4 is 10.1 Å². The molecule has 1 N–H and O–H groups in total. The van der Waals surface area contributed by atoms with Gasteiger partial charge in [-0.3, -0.25) is 4.79 Å². The molecule has 106 valence electrons. The van der Waals surface area contributed by atoms with Crippen molar-refractivity contribution < 1.29 is 14.3 Å². The number of methoxy groups -OCH3 is 2. The van der Waals surface area contributed by atoms with Crippen molar-refractivity contribution in [3.63, 3.8) is 0 Å². The van der Waals surface area contributed by atoms with Crippen molar-refractivity contribution in [3.05, 3.63) is 24.3 Å². The summed E-state index contributed by atoms with van der Waals surface area (Å²) in [6.45, 7) is 0. The number of ether oxygens (including phenoxy) is 2. The molecule has 0 amide bonds. The number of benzene rings is 1. The van der Waals surface area contributed by atoms with Gasteiger partial charge in [0.1, 0.15) is 5.75 Å². The summed E-state index contributed by atoms with van der Waals surface area (Å²) in [6, 6.07) is 7.54. The summed E-state index contributed by atoms with van der Waals surface area (Å²) in [7, 11) is 2.97. The minimum Gasteiger partial charge on any atom is -0.495 e. The molecule has 20 heavy (non-hydrogen) atoms. The number of nitrogens with zero attached hydrogens (tertiary/aromatic N) is 2. The minimum absolute atomic E-state index is 0.222. The van der Waals surface area contributed by atoms with E-state index in [1.165, 1.54) is 30.2 Å². The molecule has 0 unspecified atom stereocenters. The van der Waals surface area contributed by atoms with Crippen molar-refractivity contribution in [1.82, 2.24) is 10.2 Å². The molecule has 0 atom stereocenters. The van der Waals surface area contributed by atoms with E-state index in [2.05, 4.69) is 20.3 Å². The third kappa shape index (κ3) is 3.84. The maximum atomic E-state index is 11.0. The molecule has 6 nitrogen and oxygen atoms in total. The second-order valence-electron chi connectivity index (χ2n) is 3.56. The molecule has 0 bridgehead atoms. The molecule has 0 saturated carbocycles. The number of hydrogen-bond acceptors (Lipinski definition) is 8. The van der Waals surface area contributed by atoms with E-state index in [9.17, 15) is 4.79 Å². The van der Waals surface area contributed by atoms with Crippen molar-refractivity contribution in [2.75, 3.05) is 25.3 Å². The lowest BCUT2D eigenvalue weighted by atomic mass is 10.3. The molecule has 0 saturated heterocycles. The van der Waals surface area contributed by atoms with Gasteiger partial charge in [0.2, 0.25) is 5.13 Å². The monoisotopic (exact) mass is 311 g/mol. The van der Waals surface area contributed by atoms with Gasteiger partial charge in [-0.2, -0.15) is 0 Å². The van der Waals surface area contributed by atoms with Crippen LogP contribution in [0.1, 0.15) is 0 Å². The highest BCUT2D eigenvalue weighted by molar-refractivity contribution is 8.01. The van der Waals surface area contributed by atoms with Crippen LogP contribution in [0.3, 0.4) is 0 Å². The van der Waals surface area contributed by atoms with Crippen molar-refractivity contribution >= 4 is 39.9 Å². The van der Waals surface area contributed by atoms with E-state index < -0.39 is 0 Å². The molecule has 1 aromatic carbocycles. The molecule has 0 aliphatic carbocycles. The Hall–Kier alpha value is -1.80. The largest absolute Gasteiger partial charge is 0.495 e. The van der Waals surface area contributed by atoms with Crippen molar-refractivity contribution in [1.29, 1.82) is 0 Å². The average molecular weight is 311 g/mol. The van der Waals surface area contributed by atoms with Crippen LogP contribution in [0, 0.1) is 0 Å². The van der Waals surface area contributed by atoms with Gasteiger partial charge in [-0.15, -0.1) is 10.2 Å². The average Bonchev–Trinajstić information content (AvgIpc) is 2.93. The summed E-state index contributed by atoms with van der Waals surface area (Å²) < 4.78 is 10.5. The van der Waals surface area contributed by atoms with Crippen LogP contribution in [-0.4, -0.2) is 36.1 Å². The number of carbonyl (C=O) groups is 1. The molecule has 0 radical (unpaired) electrons. The van der Waals surface area contributed by atoms with Crippen LogP contribution in [0.5, 0.6) is 5.75 Å². The zero-order valence-corrected chi connectivity index (χ0v) is 12.6. The van der Waals surface area contributed by atoms with E-state index in [-0.39, 0.29) is 11.7 Å². The van der Waals surface area contributed by atoms with Crippen LogP contribution in [0.2, 0.25) is 0 Å². The molecule has 2 aromatic rings. The van der Waals surface area contributed by atoms with Gasteiger partial charge in [0.05, 0.1) is 25.7 Å². The Morgan fingerprint density at radius 2 is 2.15 bits per heavy atom. The maximum Gasteiger partial charge on any atom is 0.316 e. The Bertz CT molecular complexity index is 589. The SMILES string of the molecule is COC(=O)CSc1nnc(Nc2ccccc2OC)s1. The normalized spacial score (nSPS) is 10.1. The van der Waals surface area contributed by atoms with Crippen LogP contribution in [0.15, 0.2) is 28.6 Å². The van der Waals surface area contributed by atoms with Crippen molar-refractivity contribution in [2.24, 2.45) is 0 Å². The van der Waals surface area contributed by atoms with Crippen LogP contribution in [0.4, 0.5) is 10.8 Å². The van der Waals surface area contributed by atoms with E-state index in [1.807, 2.05) is 24.3 Å². The maximum absolute atomic E-state index is 11.0. The second kappa shape index (κ2) is 7.11. The Morgan fingerprint density at radius 3 is 2.90 bits per heavy atom. The van der Waals surface area contributed by atoms with Gasteiger partial charge in [-0.25, -0.2) is 0 Å². The molecule has 0 fully saturated rings. The number of hydrogen-bond donors (Lipinski definition) is 1. The number of nitrogens with one attached hydrogen (secondary N) is 1. The summed E-state index contributed by atoms with van der Waals surface area (Å²) in [4.78, 5) is 11.0. The Morgan fingerprint density at radius 1 is 1.35 bits per heavy atom. The van der Waals surface area contributed by atoms with Gasteiger partial charge < -0.3 is 14.8 Å². The lowest BCUT2D eigenvalue weighted by molar-refractivity contribution is -0.137. The predicted molar refractivity (Wildman–Crippen MR) is 78.9 cm³/mol. The molecule has 1 aromatic heterocycles. The van der Waals surface area contributed by atoms with Gasteiger partial charge in [-0.05, 0) is 12.1 Å². The number of carbonyl (C=O) groups excluding carboxylic acids is 1. The quantitative estimate of drug-likeness (QED) is 0.649. The number of esters is 1. The van der Waals surface area contributed by atoms with E-state index >= 15 is 0 Å². The molecule has 0 aliphatic rings. The Labute approximate surface area is 124 Å². The fourth-order valence-electron chi connectivity index (χ4n) is 1.36. The van der Waals surface area contributed by atoms with Crippen LogP contribution in [-0.2, 0) is 9.53 Å². The summed E-state index contributed by atoms with van der Waals surface area (Å²) >= 11 is 2.66. The van der Waals surface area contributed by atoms with E-state index in [0.717, 1.165) is 11.4 Å². The van der Waals surface area contributed by atoms with Crippen molar-refractivity contribution in [3.8, 4) is 5.75 Å². The topological polar surface area (TPSA) is 73.3 Å². The number of para-hydroxylation sites is 2. The number of anilines is 2. The van der Waals surface area contributed by atoms with Crippen LogP contribution in [0.25, 0.3) is 0 Å². The first-order chi connectivity index (χ1) is 9.72. The summed E-state index contributed by atoms with van der Waals surface area (Å²) in [5.74, 6) is 0.663. The first-order valence-electron chi connectivity index (χ1n) is 5.66. The second-order valence-corrected chi connectivity index (χ2v) is 5.76. The Balaban J connectivity index is 2.00. The predicted octanol–water partition coefficient (Wildman–Crippen LogP) is 2.56. The number of thioether (sulfide) groups is 1. The standard InChI is InChI=1S/C12H13N3O3S2/c1-17-9-6-4-3-5-8(9)13-11-14-15-12(20-11)19-7-10(16)18-2/h3-6H,7H2,1-2H3,(H,13,14). The molecule has 0 aliphatic heterocycles. The van der Waals surface area contributed by atoms with Gasteiger partial charge in [0.25, 0.3) is 0 Å². The lowest BCUT2D eigenvalue weighted by Gasteiger charge is -2.07. The summed E-state index contributed by atoms with van der Waals surface area (Å²) in [5.41, 5.74) is 0.815. The molecule has 8 heteroatoms. The lowest BCUT2D eigenvalue weighted by Crippen LogP contribution is -2.02.